The minimum Gasteiger partial charge on any atom is -0.480 e. The van der Waals surface area contributed by atoms with E-state index in [1.54, 1.807) is 0 Å². The summed E-state index contributed by atoms with van der Waals surface area (Å²) >= 11 is 0. The lowest BCUT2D eigenvalue weighted by molar-refractivity contribution is -0.140. The Morgan fingerprint density at radius 2 is 2.36 bits per heavy atom. The van der Waals surface area contributed by atoms with Gasteiger partial charge in [-0.05, 0) is 6.82 Å². The monoisotopic (exact) mass is 161 g/mol. The molecule has 0 spiro atoms. The Morgan fingerprint density at radius 1 is 1.82 bits per heavy atom. The topological polar surface area (TPSA) is 78.8 Å². The van der Waals surface area contributed by atoms with Crippen molar-refractivity contribution < 1.29 is 19.7 Å². The molecule has 11 heavy (non-hydrogen) atoms. The van der Waals surface area contributed by atoms with E-state index in [0.29, 0.717) is 0 Å². The number of aliphatic carboxylic acids is 1. The first-order valence-corrected chi connectivity index (χ1v) is 3.23. The highest BCUT2D eigenvalue weighted by atomic mass is 16.5. The highest BCUT2D eigenvalue weighted by Gasteiger charge is 2.19. The summed E-state index contributed by atoms with van der Waals surface area (Å²) in [6.45, 7) is 1.49. The summed E-state index contributed by atoms with van der Waals surface area (Å²) < 4.78 is 4.61. The zero-order valence-electron chi connectivity index (χ0n) is 6.57. The minimum atomic E-state index is -1.03. The molecule has 0 saturated carbocycles. The molecule has 0 bridgehead atoms. The van der Waals surface area contributed by atoms with Gasteiger partial charge in [-0.15, -0.1) is 0 Å². The molecule has 0 aromatic rings. The predicted molar refractivity (Wildman–Crippen MR) is 40.3 cm³/mol. The van der Waals surface area contributed by atoms with Gasteiger partial charge in [0.25, 0.3) is 0 Å². The Morgan fingerprint density at radius 3 is 2.64 bits per heavy atom. The zero-order chi connectivity index (χ0) is 8.85. The Hall–Kier alpha value is -0.585. The second-order valence-electron chi connectivity index (χ2n) is 2.19. The van der Waals surface area contributed by atoms with Crippen LogP contribution in [0.5, 0.6) is 0 Å². The van der Waals surface area contributed by atoms with E-state index in [0.717, 1.165) is 0 Å². The summed E-state index contributed by atoms with van der Waals surface area (Å²) in [4.78, 5) is 10.4. The van der Waals surface area contributed by atoms with Gasteiger partial charge in [-0.1, -0.05) is 0 Å². The van der Waals surface area contributed by atoms with Crippen LogP contribution in [0.3, 0.4) is 0 Å². The van der Waals surface area contributed by atoms with E-state index in [2.05, 4.69) is 9.96 Å². The maximum atomic E-state index is 10.4. The summed E-state index contributed by atoms with van der Waals surface area (Å²) in [5.74, 6) is -1.03. The third-order valence-electron chi connectivity index (χ3n) is 1.07. The quantitative estimate of drug-likeness (QED) is 0.440. The lowest BCUT2D eigenvalue weighted by Gasteiger charge is -2.12. The summed E-state index contributed by atoms with van der Waals surface area (Å²) in [7, 11) is 0.561. The van der Waals surface area contributed by atoms with Gasteiger partial charge in [0.15, 0.2) is 0 Å². The molecule has 0 radical (unpaired) electrons. The van der Waals surface area contributed by atoms with Crippen LogP contribution in [0.25, 0.3) is 0 Å². The van der Waals surface area contributed by atoms with Gasteiger partial charge in [0.1, 0.15) is 6.04 Å². The van der Waals surface area contributed by atoms with Crippen molar-refractivity contribution in [1.82, 2.24) is 5.23 Å². The lowest BCUT2D eigenvalue weighted by Crippen LogP contribution is -2.47. The molecular formula is C5H12BNO4. The number of carboxylic acids is 1. The zero-order valence-corrected chi connectivity index (χ0v) is 6.57. The Labute approximate surface area is 65.5 Å². The fourth-order valence-corrected chi connectivity index (χ4v) is 0.649. The number of rotatable bonds is 5. The van der Waals surface area contributed by atoms with E-state index < -0.39 is 19.1 Å². The average molecular weight is 161 g/mol. The lowest BCUT2D eigenvalue weighted by atomic mass is 9.87. The van der Waals surface area contributed by atoms with Crippen LogP contribution in [0.1, 0.15) is 0 Å². The number of carbonyl (C=O) groups is 1. The molecule has 0 heterocycles. The third-order valence-corrected chi connectivity index (χ3v) is 1.07. The number of nitrogens with one attached hydrogen (secondary N) is 1. The molecule has 0 aromatic heterocycles. The Balaban J connectivity index is 3.79. The molecule has 0 amide bonds. The molecule has 6 heteroatoms. The van der Waals surface area contributed by atoms with E-state index in [1.807, 2.05) is 0 Å². The van der Waals surface area contributed by atoms with Crippen molar-refractivity contribution in [3.05, 3.63) is 0 Å². The van der Waals surface area contributed by atoms with E-state index in [9.17, 15) is 4.79 Å². The second kappa shape index (κ2) is 5.12. The van der Waals surface area contributed by atoms with Gasteiger partial charge in [-0.25, -0.2) is 0 Å². The van der Waals surface area contributed by atoms with Crippen molar-refractivity contribution in [2.75, 3.05) is 13.7 Å². The van der Waals surface area contributed by atoms with Crippen molar-refractivity contribution in [2.45, 2.75) is 12.9 Å². The van der Waals surface area contributed by atoms with Crippen molar-refractivity contribution in [3.8, 4) is 0 Å². The first-order valence-electron chi connectivity index (χ1n) is 3.23. The molecule has 0 saturated heterocycles. The Bertz CT molecular complexity index is 130. The van der Waals surface area contributed by atoms with Crippen LogP contribution in [-0.2, 0) is 9.53 Å². The number of hydrogen-bond donors (Lipinski definition) is 3. The summed E-state index contributed by atoms with van der Waals surface area (Å²) in [5, 5.41) is 19.7. The van der Waals surface area contributed by atoms with Gasteiger partial charge in [0.05, 0.1) is 6.61 Å². The number of hydrogen-bond acceptors (Lipinski definition) is 4. The van der Waals surface area contributed by atoms with E-state index in [-0.39, 0.29) is 6.61 Å². The molecule has 0 aliphatic carbocycles. The second-order valence-corrected chi connectivity index (χ2v) is 2.19. The van der Waals surface area contributed by atoms with Crippen LogP contribution in [0.15, 0.2) is 0 Å². The normalized spacial score (nSPS) is 12.6. The first-order chi connectivity index (χ1) is 5.07. The molecule has 0 aromatic carbocycles. The third kappa shape index (κ3) is 4.77. The largest absolute Gasteiger partial charge is 0.480 e. The molecule has 64 valence electrons. The predicted octanol–water partition coefficient (Wildman–Crippen LogP) is -1.21. The van der Waals surface area contributed by atoms with Gasteiger partial charge >= 0.3 is 13.0 Å². The molecule has 0 aliphatic rings. The molecule has 0 rings (SSSR count). The number of carboxylic acid groups (broad SMARTS) is 1. The van der Waals surface area contributed by atoms with Crippen LogP contribution < -0.4 is 5.23 Å². The standard InChI is InChI=1S/C5H12BNO4/c1-6(10)7-4(3-11-2)5(8)9/h4,7,10H,3H2,1-2H3,(H,8,9)/t4-/m0/s1. The van der Waals surface area contributed by atoms with Gasteiger partial charge < -0.3 is 20.1 Å². The summed E-state index contributed by atoms with van der Waals surface area (Å²) in [6.07, 6.45) is 0. The molecule has 1 atom stereocenters. The molecule has 0 aliphatic heterocycles. The van der Waals surface area contributed by atoms with Gasteiger partial charge in [-0.2, -0.15) is 0 Å². The van der Waals surface area contributed by atoms with Crippen LogP contribution in [0.4, 0.5) is 0 Å². The van der Waals surface area contributed by atoms with Crippen molar-refractivity contribution in [2.24, 2.45) is 0 Å². The van der Waals surface area contributed by atoms with Gasteiger partial charge in [0.2, 0.25) is 0 Å². The van der Waals surface area contributed by atoms with Crippen molar-refractivity contribution in [3.63, 3.8) is 0 Å². The number of ether oxygens (including phenoxy) is 1. The Kier molecular flexibility index (Phi) is 4.84. The molecule has 5 nitrogen and oxygen atoms in total. The van der Waals surface area contributed by atoms with Crippen LogP contribution >= 0.6 is 0 Å². The fourth-order valence-electron chi connectivity index (χ4n) is 0.649. The van der Waals surface area contributed by atoms with Crippen LogP contribution in [0, 0.1) is 0 Å². The smallest absolute Gasteiger partial charge is 0.374 e. The minimum absolute atomic E-state index is 0.0419. The number of methoxy groups -OCH3 is 1. The van der Waals surface area contributed by atoms with E-state index in [1.165, 1.54) is 13.9 Å². The molecule has 0 fully saturated rings. The molecule has 0 unspecified atom stereocenters. The van der Waals surface area contributed by atoms with Crippen molar-refractivity contribution >= 4 is 13.0 Å². The van der Waals surface area contributed by atoms with Crippen LogP contribution in [0.2, 0.25) is 6.82 Å². The highest BCUT2D eigenvalue weighted by Crippen LogP contribution is 1.85. The van der Waals surface area contributed by atoms with Gasteiger partial charge in [-0.3, -0.25) is 4.79 Å². The SMILES string of the molecule is COC[C@H](NB(C)O)C(=O)O. The summed E-state index contributed by atoms with van der Waals surface area (Å²) in [6, 6.07) is -0.847. The maximum Gasteiger partial charge on any atom is 0.374 e. The van der Waals surface area contributed by atoms with E-state index >= 15 is 0 Å². The van der Waals surface area contributed by atoms with E-state index in [4.69, 9.17) is 10.1 Å². The average Bonchev–Trinajstić information content (AvgIpc) is 1.86. The van der Waals surface area contributed by atoms with Crippen molar-refractivity contribution in [1.29, 1.82) is 0 Å². The molecular weight excluding hydrogens is 149 g/mol. The first kappa shape index (κ1) is 10.4. The maximum absolute atomic E-state index is 10.4. The molecule has 3 N–H and O–H groups in total. The summed E-state index contributed by atoms with van der Waals surface area (Å²) in [5.41, 5.74) is 0. The fraction of sp³-hybridized carbons (Fsp3) is 0.800. The van der Waals surface area contributed by atoms with Crippen LogP contribution in [-0.4, -0.2) is 42.9 Å². The highest BCUT2D eigenvalue weighted by molar-refractivity contribution is 6.46. The van der Waals surface area contributed by atoms with Gasteiger partial charge in [0, 0.05) is 7.11 Å².